The Morgan fingerprint density at radius 1 is 0.562 bits per heavy atom. The molecular formula is C39H67O8P. The molecule has 0 saturated heterocycles. The highest BCUT2D eigenvalue weighted by Gasteiger charge is 2.22. The zero-order valence-corrected chi connectivity index (χ0v) is 31.0. The average molecular weight is 695 g/mol. The zero-order valence-electron chi connectivity index (χ0n) is 30.1. The monoisotopic (exact) mass is 694 g/mol. The standard InChI is InChI=1S/C39H67O8P/c1-3-5-7-9-11-13-15-17-18-19-20-22-24-26-28-30-32-34-39(41)47-37(36-46-48(42,43)44)35-45-38(40)33-31-29-27-25-23-21-16-14-12-10-8-6-4-2/h5,7-8,10-11,13-14,16-18,37H,3-4,6,9,12,15,19-36H2,1-2H3,(H2,42,43,44)/b7-5-,10-8-,13-11-,16-14-,18-17-. The molecule has 0 saturated carbocycles. The number of carbonyl (C=O) groups excluding carboxylic acids is 2. The molecule has 0 aromatic rings. The number of phosphoric ester groups is 1. The number of allylic oxidation sites excluding steroid dienone is 10. The first-order chi connectivity index (χ1) is 23.3. The molecular weight excluding hydrogens is 627 g/mol. The van der Waals surface area contributed by atoms with Crippen molar-refractivity contribution in [3.05, 3.63) is 60.8 Å². The van der Waals surface area contributed by atoms with Crippen LogP contribution in [-0.2, 0) is 28.2 Å². The highest BCUT2D eigenvalue weighted by atomic mass is 31.2. The van der Waals surface area contributed by atoms with Crippen LogP contribution in [0.5, 0.6) is 0 Å². The van der Waals surface area contributed by atoms with Gasteiger partial charge in [-0.25, -0.2) is 4.57 Å². The summed E-state index contributed by atoms with van der Waals surface area (Å²) in [5.41, 5.74) is 0. The van der Waals surface area contributed by atoms with E-state index in [0.29, 0.717) is 12.8 Å². The SMILES string of the molecule is CC/C=C\C/C=C\C/C=C\CCCCCCCCCC(=O)OC(COC(=O)CCCCCCC/C=C\C/C=C\CCC)COP(=O)(O)O. The fraction of sp³-hybridized carbons (Fsp3) is 0.692. The van der Waals surface area contributed by atoms with Gasteiger partial charge in [-0.05, 0) is 70.6 Å². The summed E-state index contributed by atoms with van der Waals surface area (Å²) in [7, 11) is -4.76. The number of esters is 2. The molecule has 9 heteroatoms. The predicted octanol–water partition coefficient (Wildman–Crippen LogP) is 11.0. The van der Waals surface area contributed by atoms with Crippen molar-refractivity contribution in [2.24, 2.45) is 0 Å². The van der Waals surface area contributed by atoms with Crippen LogP contribution < -0.4 is 0 Å². The summed E-state index contributed by atoms with van der Waals surface area (Å²) >= 11 is 0. The van der Waals surface area contributed by atoms with E-state index < -0.39 is 32.5 Å². The van der Waals surface area contributed by atoms with E-state index in [1.54, 1.807) is 0 Å². The zero-order chi connectivity index (χ0) is 35.4. The maximum atomic E-state index is 12.4. The number of hydrogen-bond donors (Lipinski definition) is 2. The minimum absolute atomic E-state index is 0.195. The Balaban J connectivity index is 4.01. The Labute approximate surface area is 292 Å². The summed E-state index contributed by atoms with van der Waals surface area (Å²) < 4.78 is 26.3. The molecule has 0 rings (SSSR count). The summed E-state index contributed by atoms with van der Waals surface area (Å²) in [5.74, 6) is -0.919. The second-order valence-corrected chi connectivity index (χ2v) is 13.4. The number of ether oxygens (including phenoxy) is 2. The smallest absolute Gasteiger partial charge is 0.462 e. The summed E-state index contributed by atoms with van der Waals surface area (Å²) in [4.78, 5) is 42.7. The molecule has 1 atom stereocenters. The van der Waals surface area contributed by atoms with Crippen molar-refractivity contribution < 1.29 is 37.9 Å². The third-order valence-electron chi connectivity index (χ3n) is 7.50. The molecule has 0 radical (unpaired) electrons. The van der Waals surface area contributed by atoms with Gasteiger partial charge in [-0.3, -0.25) is 14.1 Å². The van der Waals surface area contributed by atoms with Gasteiger partial charge >= 0.3 is 19.8 Å². The lowest BCUT2D eigenvalue weighted by molar-refractivity contribution is -0.161. The van der Waals surface area contributed by atoms with Gasteiger partial charge in [0.2, 0.25) is 0 Å². The van der Waals surface area contributed by atoms with Gasteiger partial charge in [0.15, 0.2) is 6.10 Å². The number of rotatable bonds is 33. The molecule has 0 aromatic carbocycles. The van der Waals surface area contributed by atoms with Crippen LogP contribution in [0.1, 0.15) is 155 Å². The van der Waals surface area contributed by atoms with E-state index in [0.717, 1.165) is 89.9 Å². The molecule has 8 nitrogen and oxygen atoms in total. The van der Waals surface area contributed by atoms with Crippen molar-refractivity contribution in [1.82, 2.24) is 0 Å². The largest absolute Gasteiger partial charge is 0.469 e. The maximum absolute atomic E-state index is 12.4. The first-order valence-electron chi connectivity index (χ1n) is 18.6. The number of hydrogen-bond acceptors (Lipinski definition) is 6. The normalized spacial score (nSPS) is 13.2. The van der Waals surface area contributed by atoms with E-state index >= 15 is 0 Å². The second-order valence-electron chi connectivity index (χ2n) is 12.2. The molecule has 0 amide bonds. The van der Waals surface area contributed by atoms with Gasteiger partial charge < -0.3 is 19.3 Å². The Morgan fingerprint density at radius 3 is 1.50 bits per heavy atom. The van der Waals surface area contributed by atoms with Crippen molar-refractivity contribution in [1.29, 1.82) is 0 Å². The van der Waals surface area contributed by atoms with Gasteiger partial charge in [-0.15, -0.1) is 0 Å². The van der Waals surface area contributed by atoms with E-state index in [9.17, 15) is 14.2 Å². The fourth-order valence-electron chi connectivity index (χ4n) is 4.78. The Hall–Kier alpha value is -2.25. The molecule has 1 unspecified atom stereocenters. The van der Waals surface area contributed by atoms with E-state index in [1.165, 1.54) is 25.7 Å². The van der Waals surface area contributed by atoms with Crippen LogP contribution in [0.2, 0.25) is 0 Å². The summed E-state index contributed by atoms with van der Waals surface area (Å²) in [5, 5.41) is 0. The van der Waals surface area contributed by atoms with Gasteiger partial charge in [0.1, 0.15) is 6.61 Å². The average Bonchev–Trinajstić information content (AvgIpc) is 3.05. The Bertz CT molecular complexity index is 963. The van der Waals surface area contributed by atoms with Gasteiger partial charge in [0.05, 0.1) is 6.61 Å². The molecule has 0 fully saturated rings. The summed E-state index contributed by atoms with van der Waals surface area (Å²) in [6, 6.07) is 0. The lowest BCUT2D eigenvalue weighted by atomic mass is 10.1. The Kier molecular flexibility index (Phi) is 33.0. The highest BCUT2D eigenvalue weighted by Crippen LogP contribution is 2.36. The second kappa shape index (κ2) is 34.6. The topological polar surface area (TPSA) is 119 Å². The van der Waals surface area contributed by atoms with Crippen molar-refractivity contribution in [2.75, 3.05) is 13.2 Å². The molecule has 0 aromatic heterocycles. The van der Waals surface area contributed by atoms with Crippen molar-refractivity contribution >= 4 is 19.8 Å². The lowest BCUT2D eigenvalue weighted by Crippen LogP contribution is -2.29. The van der Waals surface area contributed by atoms with Gasteiger partial charge in [0.25, 0.3) is 0 Å². The van der Waals surface area contributed by atoms with Crippen LogP contribution in [0.25, 0.3) is 0 Å². The van der Waals surface area contributed by atoms with Gasteiger partial charge in [-0.2, -0.15) is 0 Å². The van der Waals surface area contributed by atoms with Crippen LogP contribution >= 0.6 is 7.82 Å². The van der Waals surface area contributed by atoms with Crippen molar-refractivity contribution in [2.45, 2.75) is 161 Å². The highest BCUT2D eigenvalue weighted by molar-refractivity contribution is 7.46. The first kappa shape index (κ1) is 45.8. The van der Waals surface area contributed by atoms with E-state index in [2.05, 4.69) is 79.1 Å². The number of carbonyl (C=O) groups is 2. The van der Waals surface area contributed by atoms with Gasteiger partial charge in [-0.1, -0.05) is 132 Å². The van der Waals surface area contributed by atoms with Crippen LogP contribution in [0.3, 0.4) is 0 Å². The van der Waals surface area contributed by atoms with E-state index in [1.807, 2.05) is 0 Å². The number of unbranched alkanes of at least 4 members (excludes halogenated alkanes) is 13. The minimum Gasteiger partial charge on any atom is -0.462 e. The lowest BCUT2D eigenvalue weighted by Gasteiger charge is -2.18. The fourth-order valence-corrected chi connectivity index (χ4v) is 5.14. The van der Waals surface area contributed by atoms with Gasteiger partial charge in [0, 0.05) is 12.8 Å². The molecule has 276 valence electrons. The molecule has 0 aliphatic heterocycles. The summed E-state index contributed by atoms with van der Waals surface area (Å²) in [6.07, 6.45) is 42.2. The molecule has 2 N–H and O–H groups in total. The third kappa shape index (κ3) is 36.6. The van der Waals surface area contributed by atoms with Crippen LogP contribution in [0.15, 0.2) is 60.8 Å². The van der Waals surface area contributed by atoms with Crippen LogP contribution in [0.4, 0.5) is 0 Å². The molecule has 0 aliphatic rings. The minimum atomic E-state index is -4.76. The predicted molar refractivity (Wildman–Crippen MR) is 197 cm³/mol. The Morgan fingerprint density at radius 2 is 1.00 bits per heavy atom. The number of phosphoric acid groups is 1. The third-order valence-corrected chi connectivity index (χ3v) is 7.99. The quantitative estimate of drug-likeness (QED) is 0.0301. The van der Waals surface area contributed by atoms with Crippen molar-refractivity contribution in [3.8, 4) is 0 Å². The first-order valence-corrected chi connectivity index (χ1v) is 20.1. The van der Waals surface area contributed by atoms with Crippen LogP contribution in [0, 0.1) is 0 Å². The molecule has 48 heavy (non-hydrogen) atoms. The van der Waals surface area contributed by atoms with Crippen molar-refractivity contribution in [3.63, 3.8) is 0 Å². The summed E-state index contributed by atoms with van der Waals surface area (Å²) in [6.45, 7) is 3.47. The molecule has 0 bridgehead atoms. The molecule has 0 aliphatic carbocycles. The van der Waals surface area contributed by atoms with E-state index in [4.69, 9.17) is 19.3 Å². The molecule has 0 heterocycles. The maximum Gasteiger partial charge on any atom is 0.469 e. The van der Waals surface area contributed by atoms with E-state index in [-0.39, 0.29) is 19.4 Å². The molecule has 0 spiro atoms. The van der Waals surface area contributed by atoms with Crippen LogP contribution in [-0.4, -0.2) is 41.0 Å².